The molecule has 1 fully saturated rings. The summed E-state index contributed by atoms with van der Waals surface area (Å²) < 4.78 is 5.36. The second-order valence-corrected chi connectivity index (χ2v) is 6.62. The van der Waals surface area contributed by atoms with Crippen molar-refractivity contribution in [3.8, 4) is 0 Å². The van der Waals surface area contributed by atoms with Crippen molar-refractivity contribution in [2.45, 2.75) is 58.0 Å². The number of ether oxygens (including phenoxy) is 1. The van der Waals surface area contributed by atoms with Crippen LogP contribution in [0.15, 0.2) is 11.6 Å². The molecule has 0 aromatic rings. The minimum absolute atomic E-state index is 0.0151. The van der Waals surface area contributed by atoms with E-state index in [0.29, 0.717) is 32.0 Å². The molecule has 2 aliphatic rings. The van der Waals surface area contributed by atoms with Crippen molar-refractivity contribution in [1.29, 1.82) is 0 Å². The summed E-state index contributed by atoms with van der Waals surface area (Å²) in [6, 6.07) is 0.0631. The average Bonchev–Trinajstić information content (AvgIpc) is 2.39. The lowest BCUT2D eigenvalue weighted by atomic mass is 9.75. The van der Waals surface area contributed by atoms with Gasteiger partial charge in [0.05, 0.1) is 19.3 Å². The smallest absolute Gasteiger partial charge is 0.222 e. The van der Waals surface area contributed by atoms with E-state index in [-0.39, 0.29) is 23.4 Å². The normalized spacial score (nSPS) is 30.9. The minimum atomic E-state index is -0.286. The number of amides is 2. The van der Waals surface area contributed by atoms with Crippen molar-refractivity contribution in [3.05, 3.63) is 11.6 Å². The van der Waals surface area contributed by atoms with Crippen LogP contribution in [0.3, 0.4) is 0 Å². The Hall–Kier alpha value is -1.36. The van der Waals surface area contributed by atoms with Crippen LogP contribution in [0, 0.1) is 5.92 Å². The molecule has 2 atom stereocenters. The zero-order valence-electron chi connectivity index (χ0n) is 13.2. The van der Waals surface area contributed by atoms with Gasteiger partial charge in [-0.1, -0.05) is 11.6 Å². The third kappa shape index (κ3) is 4.30. The first kappa shape index (κ1) is 16.0. The lowest BCUT2D eigenvalue weighted by Crippen LogP contribution is -2.52. The van der Waals surface area contributed by atoms with E-state index in [1.807, 2.05) is 0 Å². The molecule has 2 amide bonds. The molecular weight excluding hydrogens is 268 g/mol. The molecule has 5 nitrogen and oxygen atoms in total. The van der Waals surface area contributed by atoms with Gasteiger partial charge < -0.3 is 15.4 Å². The highest BCUT2D eigenvalue weighted by molar-refractivity contribution is 5.77. The van der Waals surface area contributed by atoms with Gasteiger partial charge in [0.15, 0.2) is 0 Å². The van der Waals surface area contributed by atoms with Crippen molar-refractivity contribution in [2.24, 2.45) is 5.92 Å². The van der Waals surface area contributed by atoms with E-state index < -0.39 is 0 Å². The minimum Gasteiger partial charge on any atom is -0.380 e. The Morgan fingerprint density at radius 1 is 1.19 bits per heavy atom. The second-order valence-electron chi connectivity index (χ2n) is 6.62. The Balaban J connectivity index is 2.17. The molecule has 5 heteroatoms. The third-order valence-electron chi connectivity index (χ3n) is 4.56. The molecule has 0 aromatic heterocycles. The maximum absolute atomic E-state index is 12.0. The number of fused-ring (bicyclic) bond motifs is 2. The summed E-state index contributed by atoms with van der Waals surface area (Å²) in [6.07, 6.45) is 4.67. The van der Waals surface area contributed by atoms with Gasteiger partial charge in [0.1, 0.15) is 0 Å². The molecule has 1 heterocycles. The fourth-order valence-corrected chi connectivity index (χ4v) is 3.02. The Labute approximate surface area is 126 Å². The predicted octanol–water partition coefficient (Wildman–Crippen LogP) is 1.53. The van der Waals surface area contributed by atoms with Crippen LogP contribution in [0.2, 0.25) is 0 Å². The molecule has 2 rings (SSSR count). The van der Waals surface area contributed by atoms with E-state index in [2.05, 4.69) is 37.5 Å². The van der Waals surface area contributed by atoms with E-state index in [0.717, 1.165) is 12.8 Å². The SMILES string of the molecule is CC1=CC[C@@H]2C[C@@H]1NC(=O)CCOCCC(=O)NC2(C)C. The molecule has 0 spiro atoms. The van der Waals surface area contributed by atoms with Gasteiger partial charge in [-0.05, 0) is 39.5 Å². The molecule has 118 valence electrons. The molecule has 21 heavy (non-hydrogen) atoms. The first-order valence-corrected chi connectivity index (χ1v) is 7.73. The summed E-state index contributed by atoms with van der Waals surface area (Å²) in [5.74, 6) is 0.350. The Bertz CT molecular complexity index is 443. The third-order valence-corrected chi connectivity index (χ3v) is 4.56. The zero-order chi connectivity index (χ0) is 15.5. The van der Waals surface area contributed by atoms with Crippen LogP contribution in [-0.4, -0.2) is 36.6 Å². The molecule has 1 aliphatic heterocycles. The Morgan fingerprint density at radius 2 is 1.86 bits per heavy atom. The quantitative estimate of drug-likeness (QED) is 0.666. The monoisotopic (exact) mass is 294 g/mol. The van der Waals surface area contributed by atoms with Gasteiger partial charge in [0.2, 0.25) is 11.8 Å². The van der Waals surface area contributed by atoms with Crippen LogP contribution in [0.25, 0.3) is 0 Å². The summed E-state index contributed by atoms with van der Waals surface area (Å²) in [4.78, 5) is 24.0. The number of nitrogens with one attached hydrogen (secondary N) is 2. The number of carbonyl (C=O) groups is 2. The van der Waals surface area contributed by atoms with Gasteiger partial charge in [-0.15, -0.1) is 0 Å². The van der Waals surface area contributed by atoms with E-state index in [9.17, 15) is 9.59 Å². The fraction of sp³-hybridized carbons (Fsp3) is 0.750. The van der Waals surface area contributed by atoms with Gasteiger partial charge in [-0.3, -0.25) is 9.59 Å². The van der Waals surface area contributed by atoms with Crippen LogP contribution in [0.1, 0.15) is 46.5 Å². The first-order chi connectivity index (χ1) is 9.88. The first-order valence-electron chi connectivity index (χ1n) is 7.73. The zero-order valence-corrected chi connectivity index (χ0v) is 13.2. The maximum atomic E-state index is 12.0. The van der Waals surface area contributed by atoms with Crippen LogP contribution in [0.5, 0.6) is 0 Å². The summed E-state index contributed by atoms with van der Waals surface area (Å²) in [5.41, 5.74) is 0.920. The summed E-state index contributed by atoms with van der Waals surface area (Å²) in [5, 5.41) is 6.20. The highest BCUT2D eigenvalue weighted by Gasteiger charge is 2.35. The lowest BCUT2D eigenvalue weighted by molar-refractivity contribution is -0.124. The molecule has 0 saturated carbocycles. The molecule has 1 saturated heterocycles. The molecule has 2 N–H and O–H groups in total. The average molecular weight is 294 g/mol. The predicted molar refractivity (Wildman–Crippen MR) is 80.7 cm³/mol. The highest BCUT2D eigenvalue weighted by Crippen LogP contribution is 2.32. The van der Waals surface area contributed by atoms with Gasteiger partial charge in [0.25, 0.3) is 0 Å². The number of carbonyl (C=O) groups excluding carboxylic acids is 2. The summed E-state index contributed by atoms with van der Waals surface area (Å²) >= 11 is 0. The fourth-order valence-electron chi connectivity index (χ4n) is 3.02. The van der Waals surface area contributed by atoms with Crippen LogP contribution >= 0.6 is 0 Å². The molecule has 1 aliphatic carbocycles. The molecule has 0 radical (unpaired) electrons. The van der Waals surface area contributed by atoms with Gasteiger partial charge >= 0.3 is 0 Å². The van der Waals surface area contributed by atoms with Crippen LogP contribution in [0.4, 0.5) is 0 Å². The van der Waals surface area contributed by atoms with Gasteiger partial charge in [-0.2, -0.15) is 0 Å². The molecule has 0 aromatic carbocycles. The van der Waals surface area contributed by atoms with Crippen molar-refractivity contribution in [1.82, 2.24) is 10.6 Å². The van der Waals surface area contributed by atoms with Crippen molar-refractivity contribution < 1.29 is 14.3 Å². The second kappa shape index (κ2) is 6.60. The van der Waals surface area contributed by atoms with Crippen molar-refractivity contribution in [2.75, 3.05) is 13.2 Å². The molecule has 0 unspecified atom stereocenters. The van der Waals surface area contributed by atoms with E-state index in [1.165, 1.54) is 5.57 Å². The molecule has 2 bridgehead atoms. The maximum Gasteiger partial charge on any atom is 0.222 e. The standard InChI is InChI=1S/C16H26N2O3/c1-11-4-5-12-10-13(11)17-14(19)6-8-21-9-7-15(20)18-16(12,2)3/h4,12-13H,5-10H2,1-3H3,(H,17,19)(H,18,20)/t12-,13+/m1/s1. The number of hydrogen-bond donors (Lipinski definition) is 2. The summed E-state index contributed by atoms with van der Waals surface area (Å²) in [7, 11) is 0. The Kier molecular flexibility index (Phi) is 5.04. The highest BCUT2D eigenvalue weighted by atomic mass is 16.5. The van der Waals surface area contributed by atoms with Gasteiger partial charge in [0, 0.05) is 18.4 Å². The molecular formula is C16H26N2O3. The van der Waals surface area contributed by atoms with Gasteiger partial charge in [-0.25, -0.2) is 0 Å². The number of hydrogen-bond acceptors (Lipinski definition) is 3. The number of rotatable bonds is 0. The van der Waals surface area contributed by atoms with Crippen LogP contribution < -0.4 is 10.6 Å². The van der Waals surface area contributed by atoms with E-state index >= 15 is 0 Å². The Morgan fingerprint density at radius 3 is 2.57 bits per heavy atom. The largest absolute Gasteiger partial charge is 0.380 e. The lowest BCUT2D eigenvalue weighted by Gasteiger charge is -2.40. The van der Waals surface area contributed by atoms with Crippen molar-refractivity contribution in [3.63, 3.8) is 0 Å². The van der Waals surface area contributed by atoms with E-state index in [1.54, 1.807) is 0 Å². The number of allylic oxidation sites excluding steroid dienone is 1. The van der Waals surface area contributed by atoms with E-state index in [4.69, 9.17) is 4.74 Å². The topological polar surface area (TPSA) is 67.4 Å². The van der Waals surface area contributed by atoms with Crippen LogP contribution in [-0.2, 0) is 14.3 Å². The summed E-state index contributed by atoms with van der Waals surface area (Å²) in [6.45, 7) is 6.90. The van der Waals surface area contributed by atoms with Crippen molar-refractivity contribution >= 4 is 11.8 Å².